The normalized spacial score (nSPS) is 21.2. The van der Waals surface area contributed by atoms with Gasteiger partial charge in [-0.15, -0.1) is 11.7 Å². The van der Waals surface area contributed by atoms with Crippen LogP contribution in [0.25, 0.3) is 0 Å². The Morgan fingerprint density at radius 1 is 0.971 bits per heavy atom. The number of rotatable bonds is 29. The number of esters is 1. The van der Waals surface area contributed by atoms with Gasteiger partial charge in [-0.2, -0.15) is 5.10 Å². The molecule has 2 fully saturated rings. The van der Waals surface area contributed by atoms with E-state index in [1.807, 2.05) is 26.0 Å². The highest BCUT2D eigenvalue weighted by atomic mass is 16.6. The number of Topliss-reactive ketones (excluding diaryl/α,β-unsaturated/α-hetero) is 1. The van der Waals surface area contributed by atoms with Gasteiger partial charge in [0.1, 0.15) is 11.5 Å². The smallest absolute Gasteiger partial charge is 0.335 e. The largest absolute Gasteiger partial charge is 0.493 e. The van der Waals surface area contributed by atoms with Gasteiger partial charge in [-0.05, 0) is 94.7 Å². The summed E-state index contributed by atoms with van der Waals surface area (Å²) in [5, 5.41) is 41.0. The number of nitrogens with one attached hydrogen (secondary N) is 2. The summed E-state index contributed by atoms with van der Waals surface area (Å²) in [5.74, 6) is 0.178. The molecule has 1 saturated carbocycles. The Bertz CT molecular complexity index is 2420. The number of ether oxygens (including phenoxy) is 6. The van der Waals surface area contributed by atoms with Crippen molar-refractivity contribution in [3.8, 4) is 23.0 Å². The summed E-state index contributed by atoms with van der Waals surface area (Å²) in [6.07, 6.45) is 10.6. The quantitative estimate of drug-likeness (QED) is 0.0242. The van der Waals surface area contributed by atoms with E-state index in [0.717, 1.165) is 74.1 Å². The first-order valence-corrected chi connectivity index (χ1v) is 24.5. The molecular formula is C51H67N7O11. The molecule has 4 aromatic rings. The number of benzene rings is 2. The molecule has 0 radical (unpaired) electrons. The monoisotopic (exact) mass is 953 g/mol. The van der Waals surface area contributed by atoms with Gasteiger partial charge >= 0.3 is 11.9 Å². The molecule has 1 saturated heterocycles. The predicted octanol–water partition coefficient (Wildman–Crippen LogP) is 5.04. The van der Waals surface area contributed by atoms with Gasteiger partial charge in [0.2, 0.25) is 0 Å². The minimum Gasteiger partial charge on any atom is -0.493 e. The van der Waals surface area contributed by atoms with Crippen molar-refractivity contribution in [1.29, 1.82) is 0 Å². The van der Waals surface area contributed by atoms with Gasteiger partial charge in [0.25, 0.3) is 0 Å². The number of carbonyl (C=O) groups is 3. The van der Waals surface area contributed by atoms with E-state index in [0.29, 0.717) is 108 Å². The number of hydrogen-bond donors (Lipinski definition) is 4. The van der Waals surface area contributed by atoms with Gasteiger partial charge in [0.15, 0.2) is 23.4 Å². The number of aliphatic hydroxyl groups is 1. The number of likely N-dealkylation sites (tertiary alicyclic amines) is 1. The second-order valence-corrected chi connectivity index (χ2v) is 18.6. The number of piperidine rings is 1. The number of nitrogens with zero attached hydrogens (tertiary/aromatic N) is 5. The van der Waals surface area contributed by atoms with Crippen molar-refractivity contribution >= 4 is 17.7 Å². The Hall–Kier alpha value is -5.66. The maximum atomic E-state index is 13.3. The Kier molecular flexibility index (Phi) is 16.5. The fourth-order valence-corrected chi connectivity index (χ4v) is 10.7. The van der Waals surface area contributed by atoms with Crippen LogP contribution in [-0.4, -0.2) is 142 Å². The van der Waals surface area contributed by atoms with Crippen LogP contribution >= 0.6 is 0 Å². The molecular weight excluding hydrogens is 887 g/mol. The highest BCUT2D eigenvalue weighted by Gasteiger charge is 2.73. The van der Waals surface area contributed by atoms with Gasteiger partial charge < -0.3 is 44.0 Å². The third kappa shape index (κ3) is 11.2. The number of hydrogen-bond acceptors (Lipinski definition) is 15. The van der Waals surface area contributed by atoms with Crippen molar-refractivity contribution in [3.05, 3.63) is 88.5 Å². The first kappa shape index (κ1) is 49.8. The summed E-state index contributed by atoms with van der Waals surface area (Å²) < 4.78 is 37.2. The summed E-state index contributed by atoms with van der Waals surface area (Å²) in [4.78, 5) is 40.5. The minimum atomic E-state index is -1.13. The lowest BCUT2D eigenvalue weighted by molar-refractivity contribution is -0.187. The van der Waals surface area contributed by atoms with E-state index >= 15 is 0 Å². The predicted molar refractivity (Wildman–Crippen MR) is 253 cm³/mol. The van der Waals surface area contributed by atoms with Gasteiger partial charge in [0, 0.05) is 62.0 Å². The van der Waals surface area contributed by atoms with Crippen LogP contribution in [0.1, 0.15) is 102 Å². The Morgan fingerprint density at radius 3 is 2.52 bits per heavy atom. The van der Waals surface area contributed by atoms with Crippen LogP contribution in [0.4, 0.5) is 0 Å². The number of aromatic nitrogens is 5. The number of aromatic carboxylic acids is 1. The fourth-order valence-electron chi connectivity index (χ4n) is 10.7. The third-order valence-corrected chi connectivity index (χ3v) is 14.1. The molecule has 69 heavy (non-hydrogen) atoms. The molecule has 4 aliphatic rings. The van der Waals surface area contributed by atoms with E-state index < -0.39 is 29.1 Å². The highest BCUT2D eigenvalue weighted by molar-refractivity contribution is 5.90. The first-order valence-electron chi connectivity index (χ1n) is 24.5. The molecule has 0 amide bonds. The van der Waals surface area contributed by atoms with E-state index in [-0.39, 0.29) is 36.0 Å². The summed E-state index contributed by atoms with van der Waals surface area (Å²) >= 11 is 0. The number of aromatic amines is 1. The van der Waals surface area contributed by atoms with Crippen LogP contribution in [0.2, 0.25) is 0 Å². The van der Waals surface area contributed by atoms with Crippen LogP contribution in [-0.2, 0) is 50.3 Å². The number of carbonyl (C=O) groups excluding carboxylic acids is 2. The van der Waals surface area contributed by atoms with Crippen molar-refractivity contribution in [1.82, 2.24) is 35.4 Å². The number of carboxylic acids is 1. The van der Waals surface area contributed by atoms with Crippen LogP contribution in [0.15, 0.2) is 49.2 Å². The molecule has 372 valence electrons. The molecule has 4 N–H and O–H groups in total. The second-order valence-electron chi connectivity index (χ2n) is 18.6. The fraction of sp³-hybridized carbons (Fsp3) is 0.569. The van der Waals surface area contributed by atoms with Crippen molar-refractivity contribution in [2.45, 2.75) is 121 Å². The summed E-state index contributed by atoms with van der Waals surface area (Å²) in [7, 11) is 0. The molecule has 4 atom stereocenters. The number of carboxylic acid groups (broad SMARTS) is 1. The maximum Gasteiger partial charge on any atom is 0.335 e. The lowest BCUT2D eigenvalue weighted by Crippen LogP contribution is -2.76. The Labute approximate surface area is 403 Å². The average molecular weight is 954 g/mol. The number of unbranched alkanes of at least 4 members (excludes halogenated alkanes) is 3. The Balaban J connectivity index is 0.645. The lowest BCUT2D eigenvalue weighted by atomic mass is 9.49. The van der Waals surface area contributed by atoms with Crippen LogP contribution in [0.5, 0.6) is 23.0 Å². The minimum absolute atomic E-state index is 0.0195. The van der Waals surface area contributed by atoms with Gasteiger partial charge in [-0.3, -0.25) is 19.6 Å². The summed E-state index contributed by atoms with van der Waals surface area (Å²) in [6.45, 7) is 14.3. The molecule has 2 aliphatic carbocycles. The zero-order valence-corrected chi connectivity index (χ0v) is 40.0. The maximum absolute atomic E-state index is 13.3. The lowest BCUT2D eigenvalue weighted by Gasteiger charge is -2.62. The zero-order chi connectivity index (χ0) is 48.4. The molecule has 2 aliphatic heterocycles. The van der Waals surface area contributed by atoms with Crippen LogP contribution in [0.3, 0.4) is 0 Å². The van der Waals surface area contributed by atoms with E-state index in [9.17, 15) is 24.6 Å². The molecule has 18 heteroatoms. The van der Waals surface area contributed by atoms with Crippen molar-refractivity contribution < 1.29 is 53.0 Å². The van der Waals surface area contributed by atoms with Gasteiger partial charge in [0.05, 0.1) is 80.6 Å². The number of aryl methyl sites for hydroxylation is 3. The van der Waals surface area contributed by atoms with Crippen molar-refractivity contribution in [3.63, 3.8) is 0 Å². The first-order chi connectivity index (χ1) is 33.5. The zero-order valence-electron chi connectivity index (χ0n) is 40.0. The SMILES string of the molecule is C=CCN1CC[C@]23c4c5ccc(OC(=O)CCc6cn(CCOCCOCCNCCCCCCOc7cc(OCCCc8c(C)n[nH]c8C)cc(C(=O)O)c7)nn6)c4O[C@H]2C(=O)CC[C@@]3(O)C1C5. The van der Waals surface area contributed by atoms with Gasteiger partial charge in [-0.1, -0.05) is 30.2 Å². The third-order valence-electron chi connectivity index (χ3n) is 14.1. The van der Waals surface area contributed by atoms with E-state index in [2.05, 4.69) is 37.3 Å². The molecule has 2 aromatic carbocycles. The summed E-state index contributed by atoms with van der Waals surface area (Å²) in [6, 6.07) is 8.37. The highest BCUT2D eigenvalue weighted by Crippen LogP contribution is 2.65. The standard InChI is InChI=1S/C51H67N7O11/c1-4-20-57-21-17-50-46-36-11-13-43(47(46)69-48(50)42(59)15-16-51(50,63)44(57)31-36)68-45(60)14-12-38-33-58(56-55-38)22-26-65-28-27-64-25-19-52-18-7-5-6-8-23-66-39-29-37(49(61)62)30-40(32-39)67-24-9-10-41-34(2)53-54-35(41)3/h4,11,13,29-30,32-33,44,48,52,63H,1,5-10,12,14-28,31H2,2-3H3,(H,53,54)(H,61,62)/t44?,48-,50-,51+/m0/s1. The van der Waals surface area contributed by atoms with Crippen molar-refractivity contribution in [2.75, 3.05) is 65.8 Å². The van der Waals surface area contributed by atoms with Crippen molar-refractivity contribution in [2.24, 2.45) is 0 Å². The topological polar surface area (TPSA) is 222 Å². The Morgan fingerprint density at radius 2 is 1.75 bits per heavy atom. The average Bonchev–Trinajstić information content (AvgIpc) is 4.04. The number of H-pyrrole nitrogens is 1. The van der Waals surface area contributed by atoms with Crippen LogP contribution in [0, 0.1) is 13.8 Å². The molecule has 8 rings (SSSR count). The molecule has 2 aromatic heterocycles. The molecule has 1 spiro atoms. The van der Waals surface area contributed by atoms with Crippen LogP contribution < -0.4 is 24.3 Å². The van der Waals surface area contributed by atoms with E-state index in [4.69, 9.17) is 28.4 Å². The summed E-state index contributed by atoms with van der Waals surface area (Å²) in [5.41, 5.74) is 3.89. The molecule has 18 nitrogen and oxygen atoms in total. The van der Waals surface area contributed by atoms with E-state index in [1.165, 1.54) is 17.7 Å². The molecule has 1 unspecified atom stereocenters. The molecule has 2 bridgehead atoms. The molecule has 4 heterocycles. The van der Waals surface area contributed by atoms with E-state index in [1.54, 1.807) is 23.0 Å². The second kappa shape index (κ2) is 22.8. The van der Waals surface area contributed by atoms with Gasteiger partial charge in [-0.25, -0.2) is 9.48 Å². The number of ketones is 1.